The van der Waals surface area contributed by atoms with E-state index >= 15 is 0 Å². The lowest BCUT2D eigenvalue weighted by atomic mass is 9.54. The van der Waals surface area contributed by atoms with Gasteiger partial charge in [-0.2, -0.15) is 0 Å². The van der Waals surface area contributed by atoms with Gasteiger partial charge in [-0.05, 0) is 83.6 Å². The summed E-state index contributed by atoms with van der Waals surface area (Å²) in [6.45, 7) is 0. The number of hydrogen-bond donors (Lipinski definition) is 1. The van der Waals surface area contributed by atoms with Gasteiger partial charge >= 0.3 is 0 Å². The van der Waals surface area contributed by atoms with E-state index in [1.54, 1.807) is 21.3 Å². The number of Topliss-reactive ketones (excluding diaryl/α,β-unsaturated/α-hetero) is 1. The van der Waals surface area contributed by atoms with Gasteiger partial charge in [0.05, 0.1) is 25.9 Å². The van der Waals surface area contributed by atoms with Gasteiger partial charge in [0.25, 0.3) is 0 Å². The number of carbonyl (C=O) groups excluding carboxylic acids is 1. The van der Waals surface area contributed by atoms with Gasteiger partial charge in [-0.3, -0.25) is 4.79 Å². The van der Waals surface area contributed by atoms with Gasteiger partial charge in [0, 0.05) is 30.4 Å². The summed E-state index contributed by atoms with van der Waals surface area (Å²) < 4.78 is 17.6. The van der Waals surface area contributed by atoms with Gasteiger partial charge in [-0.15, -0.1) is 0 Å². The molecule has 0 saturated heterocycles. The Bertz CT molecular complexity index is 1430. The molecule has 1 N–H and O–H groups in total. The third kappa shape index (κ3) is 2.76. The van der Waals surface area contributed by atoms with Crippen molar-refractivity contribution in [2.45, 2.75) is 49.5 Å². The average Bonchev–Trinajstić information content (AvgIpc) is 3.13. The van der Waals surface area contributed by atoms with Gasteiger partial charge in [0.15, 0.2) is 5.78 Å². The van der Waals surface area contributed by atoms with Crippen molar-refractivity contribution in [1.29, 1.82) is 0 Å². The fourth-order valence-electron chi connectivity index (χ4n) is 8.60. The van der Waals surface area contributed by atoms with E-state index in [2.05, 4.69) is 30.3 Å². The number of aliphatic hydroxyl groups excluding tert-OH is 1. The Morgan fingerprint density at radius 3 is 2.51 bits per heavy atom. The molecule has 3 unspecified atom stereocenters. The Balaban J connectivity index is 1.62. The smallest absolute Gasteiger partial charge is 0.167 e. The minimum absolute atomic E-state index is 0.111. The van der Waals surface area contributed by atoms with Gasteiger partial charge in [0.2, 0.25) is 0 Å². The van der Waals surface area contributed by atoms with Crippen molar-refractivity contribution in [2.24, 2.45) is 11.8 Å². The first-order chi connectivity index (χ1) is 18.1. The van der Waals surface area contributed by atoms with E-state index in [1.807, 2.05) is 18.2 Å². The highest BCUT2D eigenvalue weighted by Crippen LogP contribution is 2.71. The minimum Gasteiger partial charge on any atom is -0.508 e. The van der Waals surface area contributed by atoms with E-state index in [9.17, 15) is 9.90 Å². The van der Waals surface area contributed by atoms with Crippen LogP contribution in [0.4, 0.5) is 0 Å². The Morgan fingerprint density at radius 2 is 1.73 bits per heavy atom. The van der Waals surface area contributed by atoms with E-state index in [1.165, 1.54) is 22.3 Å². The van der Waals surface area contributed by atoms with E-state index in [-0.39, 0.29) is 29.6 Å². The molecule has 5 nitrogen and oxygen atoms in total. The number of aliphatic hydroxyl groups is 1. The molecule has 0 bridgehead atoms. The maximum atomic E-state index is 13.7. The third-order valence-corrected chi connectivity index (χ3v) is 9.79. The first kappa shape index (κ1) is 22.9. The number of hydrogen-bond acceptors (Lipinski definition) is 5. The topological polar surface area (TPSA) is 65.0 Å². The molecule has 0 aliphatic heterocycles. The van der Waals surface area contributed by atoms with Gasteiger partial charge in [-0.25, -0.2) is 0 Å². The first-order valence-corrected chi connectivity index (χ1v) is 13.3. The van der Waals surface area contributed by atoms with Crippen LogP contribution in [-0.4, -0.2) is 38.3 Å². The Labute approximate surface area is 217 Å². The summed E-state index contributed by atoms with van der Waals surface area (Å²) in [6.07, 6.45) is 7.88. The maximum absolute atomic E-state index is 13.7. The minimum atomic E-state index is -0.391. The number of fused-ring (bicyclic) bond motifs is 4. The molecule has 7 rings (SSSR count). The zero-order chi connectivity index (χ0) is 25.5. The molecule has 5 atom stereocenters. The number of carbonyl (C=O) groups is 1. The fourth-order valence-corrected chi connectivity index (χ4v) is 8.60. The third-order valence-electron chi connectivity index (χ3n) is 9.79. The van der Waals surface area contributed by atoms with Gasteiger partial charge < -0.3 is 19.3 Å². The van der Waals surface area contributed by atoms with Crippen LogP contribution in [0.3, 0.4) is 0 Å². The van der Waals surface area contributed by atoms with Crippen LogP contribution in [0.2, 0.25) is 0 Å². The van der Waals surface area contributed by atoms with E-state index in [0.29, 0.717) is 24.4 Å². The molecule has 2 aromatic carbocycles. The predicted octanol–water partition coefficient (Wildman–Crippen LogP) is 5.99. The van der Waals surface area contributed by atoms with Gasteiger partial charge in [-0.1, -0.05) is 30.3 Å². The Kier molecular flexibility index (Phi) is 5.00. The normalized spacial score (nSPS) is 31.2. The zero-order valence-corrected chi connectivity index (χ0v) is 21.5. The van der Waals surface area contributed by atoms with Crippen molar-refractivity contribution >= 4 is 5.78 Å². The van der Waals surface area contributed by atoms with Crippen molar-refractivity contribution in [1.82, 2.24) is 0 Å². The van der Waals surface area contributed by atoms with E-state index in [0.717, 1.165) is 41.7 Å². The highest BCUT2D eigenvalue weighted by Gasteiger charge is 2.64. The van der Waals surface area contributed by atoms with Crippen LogP contribution in [0.5, 0.6) is 11.5 Å². The quantitative estimate of drug-likeness (QED) is 0.565. The number of allylic oxidation sites excluding steroid dienone is 3. The summed E-state index contributed by atoms with van der Waals surface area (Å²) >= 11 is 0. The lowest BCUT2D eigenvalue weighted by Gasteiger charge is -2.48. The molecule has 2 aromatic rings. The predicted molar refractivity (Wildman–Crippen MR) is 141 cm³/mol. The molecule has 0 heterocycles. The molecule has 5 aliphatic carbocycles. The van der Waals surface area contributed by atoms with Crippen molar-refractivity contribution < 1.29 is 24.1 Å². The van der Waals surface area contributed by atoms with Crippen molar-refractivity contribution in [3.8, 4) is 11.5 Å². The largest absolute Gasteiger partial charge is 0.508 e. The molecule has 0 amide bonds. The van der Waals surface area contributed by atoms with Crippen LogP contribution in [0.1, 0.15) is 58.6 Å². The molecule has 5 heteroatoms. The van der Waals surface area contributed by atoms with Crippen molar-refractivity contribution in [3.63, 3.8) is 0 Å². The monoisotopic (exact) mass is 496 g/mol. The summed E-state index contributed by atoms with van der Waals surface area (Å²) in [6, 6.07) is 12.5. The second kappa shape index (κ2) is 8.09. The number of methoxy groups -OCH3 is 3. The highest BCUT2D eigenvalue weighted by molar-refractivity contribution is 6.03. The van der Waals surface area contributed by atoms with Gasteiger partial charge in [0.1, 0.15) is 17.3 Å². The van der Waals surface area contributed by atoms with Crippen LogP contribution in [0.15, 0.2) is 71.0 Å². The molecule has 0 radical (unpaired) electrons. The summed E-state index contributed by atoms with van der Waals surface area (Å²) in [4.78, 5) is 13.7. The summed E-state index contributed by atoms with van der Waals surface area (Å²) in [5.41, 5.74) is 7.42. The van der Waals surface area contributed by atoms with Crippen molar-refractivity contribution in [2.75, 3.05) is 21.3 Å². The second-order valence-electron chi connectivity index (χ2n) is 11.0. The molecule has 1 saturated carbocycles. The Morgan fingerprint density at radius 1 is 0.946 bits per heavy atom. The lowest BCUT2D eigenvalue weighted by molar-refractivity contribution is 0.0892. The average molecular weight is 497 g/mol. The van der Waals surface area contributed by atoms with Crippen molar-refractivity contribution in [3.05, 3.63) is 93.3 Å². The molecule has 5 aliphatic rings. The van der Waals surface area contributed by atoms with Crippen LogP contribution in [0, 0.1) is 11.8 Å². The second-order valence-corrected chi connectivity index (χ2v) is 11.0. The fraction of sp³-hybridized carbons (Fsp3) is 0.406. The molecule has 1 spiro atoms. The molecule has 190 valence electrons. The first-order valence-electron chi connectivity index (χ1n) is 13.3. The molecule has 37 heavy (non-hydrogen) atoms. The number of ketones is 1. The summed E-state index contributed by atoms with van der Waals surface area (Å²) in [5.74, 6) is 2.50. The summed E-state index contributed by atoms with van der Waals surface area (Å²) in [5, 5.41) is 11.2. The standard InChI is InChI=1S/C32H32O5/c1-35-25-8-4-6-19-18(25)11-10-17-16-24(34)29-21(7-5-9-26(29)36-2)32(17)22-13-15-27(37-3)30-23(33)14-12-20(28(22)30)31(19)32/h4-9,13-14,17,20,27,31,33H,10-12,15-16H2,1-3H3/t17-,20?,27?,31?,32-/m1/s1. The number of benzene rings is 2. The number of ether oxygens (including phenoxy) is 3. The van der Waals surface area contributed by atoms with E-state index in [4.69, 9.17) is 14.2 Å². The molecular weight excluding hydrogens is 464 g/mol. The Hall–Kier alpha value is -3.31. The van der Waals surface area contributed by atoms with Crippen LogP contribution >= 0.6 is 0 Å². The molecule has 0 aromatic heterocycles. The highest BCUT2D eigenvalue weighted by atomic mass is 16.5. The van der Waals surface area contributed by atoms with E-state index < -0.39 is 5.41 Å². The van der Waals surface area contributed by atoms with Crippen LogP contribution in [-0.2, 0) is 16.6 Å². The van der Waals surface area contributed by atoms with Crippen LogP contribution in [0.25, 0.3) is 0 Å². The molecule has 1 fully saturated rings. The lowest BCUT2D eigenvalue weighted by Crippen LogP contribution is -2.45. The number of rotatable bonds is 3. The zero-order valence-electron chi connectivity index (χ0n) is 21.5. The molecular formula is C32H32O5. The summed E-state index contributed by atoms with van der Waals surface area (Å²) in [7, 11) is 5.12. The SMILES string of the molecule is COc1cccc2c1CC[C@@H]1CC(=O)c3c(OC)cccc3[C@@]13C1=CCC(OC)C4=C1C(CC=C4O)C23. The maximum Gasteiger partial charge on any atom is 0.167 e. The van der Waals surface area contributed by atoms with Crippen LogP contribution < -0.4 is 9.47 Å².